The largest absolute Gasteiger partial charge is 0.462 e. The van der Waals surface area contributed by atoms with Crippen molar-refractivity contribution in [3.8, 4) is 0 Å². The topological polar surface area (TPSA) is 97.4 Å². The minimum atomic E-state index is -1.09. The van der Waals surface area contributed by atoms with Crippen LogP contribution in [-0.2, 0) is 20.9 Å². The standard InChI is InChI=1S/C20H21N3O4/c1-2-27-17(24)15-7-3-4-8-16(15)23-19(26)20(9-10-20)18(25)22-13-14-6-5-11-21-12-14/h3-8,11-12H,2,9-10,13H2,1H3,(H,22,25)(H,23,26). The number of carbonyl (C=O) groups is 3. The van der Waals surface area contributed by atoms with Gasteiger partial charge >= 0.3 is 5.97 Å². The number of carbonyl (C=O) groups excluding carboxylic acids is 3. The van der Waals surface area contributed by atoms with Crippen molar-refractivity contribution < 1.29 is 19.1 Å². The molecule has 0 atom stereocenters. The number of anilines is 1. The molecule has 0 spiro atoms. The Kier molecular flexibility index (Phi) is 5.49. The molecule has 2 aromatic rings. The molecule has 0 radical (unpaired) electrons. The van der Waals surface area contributed by atoms with Crippen LogP contribution in [0.2, 0.25) is 0 Å². The van der Waals surface area contributed by atoms with Crippen LogP contribution in [0.25, 0.3) is 0 Å². The highest BCUT2D eigenvalue weighted by Crippen LogP contribution is 2.47. The molecule has 0 saturated heterocycles. The van der Waals surface area contributed by atoms with E-state index in [-0.39, 0.29) is 18.1 Å². The van der Waals surface area contributed by atoms with Crippen molar-refractivity contribution in [2.75, 3.05) is 11.9 Å². The molecule has 140 valence electrons. The van der Waals surface area contributed by atoms with E-state index in [4.69, 9.17) is 4.74 Å². The number of nitrogens with one attached hydrogen (secondary N) is 2. The van der Waals surface area contributed by atoms with Crippen LogP contribution < -0.4 is 10.6 Å². The van der Waals surface area contributed by atoms with Gasteiger partial charge in [-0.3, -0.25) is 14.6 Å². The van der Waals surface area contributed by atoms with Gasteiger partial charge in [0.05, 0.1) is 17.9 Å². The van der Waals surface area contributed by atoms with Gasteiger partial charge < -0.3 is 15.4 Å². The second kappa shape index (κ2) is 7.99. The highest BCUT2D eigenvalue weighted by atomic mass is 16.5. The first-order valence-corrected chi connectivity index (χ1v) is 8.81. The number of hydrogen-bond acceptors (Lipinski definition) is 5. The van der Waals surface area contributed by atoms with Gasteiger partial charge in [0.25, 0.3) is 0 Å². The molecule has 7 heteroatoms. The Morgan fingerprint density at radius 1 is 1.11 bits per heavy atom. The molecule has 1 aliphatic rings. The number of para-hydroxylation sites is 1. The van der Waals surface area contributed by atoms with Crippen molar-refractivity contribution in [1.82, 2.24) is 10.3 Å². The summed E-state index contributed by atoms with van der Waals surface area (Å²) in [5.41, 5.74) is 0.366. The molecule has 3 rings (SSSR count). The lowest BCUT2D eigenvalue weighted by atomic mass is 10.0. The molecular formula is C20H21N3O4. The number of hydrogen-bond donors (Lipinski definition) is 2. The van der Waals surface area contributed by atoms with E-state index >= 15 is 0 Å². The Morgan fingerprint density at radius 2 is 1.89 bits per heavy atom. The summed E-state index contributed by atoms with van der Waals surface area (Å²) in [7, 11) is 0. The second-order valence-corrected chi connectivity index (χ2v) is 6.35. The van der Waals surface area contributed by atoms with Crippen LogP contribution in [0.15, 0.2) is 48.8 Å². The maximum absolute atomic E-state index is 12.7. The van der Waals surface area contributed by atoms with E-state index < -0.39 is 17.3 Å². The van der Waals surface area contributed by atoms with E-state index in [1.54, 1.807) is 49.6 Å². The molecule has 1 fully saturated rings. The van der Waals surface area contributed by atoms with E-state index in [2.05, 4.69) is 15.6 Å². The number of ether oxygens (including phenoxy) is 1. The first-order chi connectivity index (χ1) is 13.1. The summed E-state index contributed by atoms with van der Waals surface area (Å²) < 4.78 is 5.01. The van der Waals surface area contributed by atoms with Crippen LogP contribution in [-0.4, -0.2) is 29.4 Å². The minimum absolute atomic E-state index is 0.238. The molecule has 1 aliphatic carbocycles. The van der Waals surface area contributed by atoms with Gasteiger partial charge in [0.1, 0.15) is 5.41 Å². The zero-order valence-electron chi connectivity index (χ0n) is 15.0. The third-order valence-corrected chi connectivity index (χ3v) is 4.47. The van der Waals surface area contributed by atoms with Crippen LogP contribution in [0.5, 0.6) is 0 Å². The number of pyridine rings is 1. The zero-order valence-corrected chi connectivity index (χ0v) is 15.0. The maximum Gasteiger partial charge on any atom is 0.340 e. The number of esters is 1. The van der Waals surface area contributed by atoms with Gasteiger partial charge in [0, 0.05) is 18.9 Å². The average Bonchev–Trinajstić information content (AvgIpc) is 3.50. The van der Waals surface area contributed by atoms with Gasteiger partial charge in [-0.15, -0.1) is 0 Å². The van der Waals surface area contributed by atoms with Crippen molar-refractivity contribution >= 4 is 23.5 Å². The summed E-state index contributed by atoms with van der Waals surface area (Å²) in [6.45, 7) is 2.26. The average molecular weight is 367 g/mol. The molecule has 2 N–H and O–H groups in total. The van der Waals surface area contributed by atoms with E-state index in [0.29, 0.717) is 25.1 Å². The molecule has 7 nitrogen and oxygen atoms in total. The zero-order chi connectivity index (χ0) is 19.3. The Morgan fingerprint density at radius 3 is 2.56 bits per heavy atom. The highest BCUT2D eigenvalue weighted by Gasteiger charge is 2.56. The minimum Gasteiger partial charge on any atom is -0.462 e. The third-order valence-electron chi connectivity index (χ3n) is 4.47. The summed E-state index contributed by atoms with van der Waals surface area (Å²) >= 11 is 0. The highest BCUT2D eigenvalue weighted by molar-refractivity contribution is 6.14. The Balaban J connectivity index is 1.67. The monoisotopic (exact) mass is 367 g/mol. The quantitative estimate of drug-likeness (QED) is 0.578. The van der Waals surface area contributed by atoms with E-state index in [1.165, 1.54) is 0 Å². The van der Waals surface area contributed by atoms with Crippen LogP contribution in [0.1, 0.15) is 35.7 Å². The van der Waals surface area contributed by atoms with Crippen molar-refractivity contribution in [3.05, 3.63) is 59.9 Å². The normalized spacial score (nSPS) is 14.1. The second-order valence-electron chi connectivity index (χ2n) is 6.35. The summed E-state index contributed by atoms with van der Waals surface area (Å²) in [4.78, 5) is 41.4. The lowest BCUT2D eigenvalue weighted by molar-refractivity contribution is -0.134. The molecule has 0 unspecified atom stereocenters. The first-order valence-electron chi connectivity index (χ1n) is 8.81. The number of benzene rings is 1. The smallest absolute Gasteiger partial charge is 0.340 e. The molecule has 0 aliphatic heterocycles. The van der Waals surface area contributed by atoms with Crippen LogP contribution in [0.4, 0.5) is 5.69 Å². The number of aromatic nitrogens is 1. The fourth-order valence-electron chi connectivity index (χ4n) is 2.76. The van der Waals surface area contributed by atoms with Crippen LogP contribution in [0.3, 0.4) is 0 Å². The van der Waals surface area contributed by atoms with Crippen LogP contribution in [0, 0.1) is 5.41 Å². The fourth-order valence-corrected chi connectivity index (χ4v) is 2.76. The summed E-state index contributed by atoms with van der Waals surface area (Å²) in [6, 6.07) is 10.2. The fraction of sp³-hybridized carbons (Fsp3) is 0.300. The predicted molar refractivity (Wildman–Crippen MR) is 98.8 cm³/mol. The molecule has 27 heavy (non-hydrogen) atoms. The number of nitrogens with zero attached hydrogens (tertiary/aromatic N) is 1. The van der Waals surface area contributed by atoms with Crippen LogP contribution >= 0.6 is 0 Å². The molecule has 1 aromatic carbocycles. The summed E-state index contributed by atoms with van der Waals surface area (Å²) in [5, 5.41) is 5.51. The molecule has 2 amide bonds. The van der Waals surface area contributed by atoms with Gasteiger partial charge in [-0.2, -0.15) is 0 Å². The first kappa shape index (κ1) is 18.6. The van der Waals surface area contributed by atoms with E-state index in [1.807, 2.05) is 6.07 Å². The number of amides is 2. The molecule has 1 heterocycles. The van der Waals surface area contributed by atoms with E-state index in [9.17, 15) is 14.4 Å². The summed E-state index contributed by atoms with van der Waals surface area (Å²) in [5.74, 6) is -1.25. The Labute approximate surface area is 157 Å². The van der Waals surface area contributed by atoms with Gasteiger partial charge in [0.15, 0.2) is 0 Å². The van der Waals surface area contributed by atoms with Crippen molar-refractivity contribution in [2.45, 2.75) is 26.3 Å². The van der Waals surface area contributed by atoms with Crippen molar-refractivity contribution in [1.29, 1.82) is 0 Å². The maximum atomic E-state index is 12.7. The lowest BCUT2D eigenvalue weighted by Gasteiger charge is -2.17. The Hall–Kier alpha value is -3.22. The summed E-state index contributed by atoms with van der Waals surface area (Å²) in [6.07, 6.45) is 4.26. The SMILES string of the molecule is CCOC(=O)c1ccccc1NC(=O)C1(C(=O)NCc2cccnc2)CC1. The van der Waals surface area contributed by atoms with Crippen molar-refractivity contribution in [3.63, 3.8) is 0 Å². The van der Waals surface area contributed by atoms with Gasteiger partial charge in [-0.1, -0.05) is 18.2 Å². The molecule has 1 aromatic heterocycles. The van der Waals surface area contributed by atoms with E-state index in [0.717, 1.165) is 5.56 Å². The molecule has 0 bridgehead atoms. The van der Waals surface area contributed by atoms with Gasteiger partial charge in [0.2, 0.25) is 11.8 Å². The molecule has 1 saturated carbocycles. The lowest BCUT2D eigenvalue weighted by Crippen LogP contribution is -2.39. The Bertz CT molecular complexity index is 847. The molecular weight excluding hydrogens is 346 g/mol. The predicted octanol–water partition coefficient (Wildman–Crippen LogP) is 2.29. The van der Waals surface area contributed by atoms with Gasteiger partial charge in [-0.25, -0.2) is 4.79 Å². The third kappa shape index (κ3) is 4.13. The number of rotatable bonds is 7. The van der Waals surface area contributed by atoms with Crippen molar-refractivity contribution in [2.24, 2.45) is 5.41 Å². The van der Waals surface area contributed by atoms with Gasteiger partial charge in [-0.05, 0) is 43.5 Å².